The molecule has 0 radical (unpaired) electrons. The number of fused-ring (bicyclic) bond motifs is 1. The van der Waals surface area contributed by atoms with Gasteiger partial charge in [-0.2, -0.15) is 0 Å². The summed E-state index contributed by atoms with van der Waals surface area (Å²) in [7, 11) is 3.27. The van der Waals surface area contributed by atoms with Crippen molar-refractivity contribution in [1.82, 2.24) is 4.90 Å². The van der Waals surface area contributed by atoms with E-state index in [1.807, 2.05) is 36.4 Å². The fraction of sp³-hybridized carbons (Fsp3) is 0.409. The average Bonchev–Trinajstić information content (AvgIpc) is 3.22. The number of carboxylic acid groups (broad SMARTS) is 1. The number of carboxylic acids is 1. The number of methoxy groups -OCH3 is 2. The van der Waals surface area contributed by atoms with Crippen LogP contribution >= 0.6 is 0 Å². The molecule has 0 saturated carbocycles. The van der Waals surface area contributed by atoms with E-state index >= 15 is 0 Å². The Labute approximate surface area is 169 Å². The highest BCUT2D eigenvalue weighted by Crippen LogP contribution is 2.42. The number of likely N-dealkylation sites (tertiary alicyclic amines) is 1. The van der Waals surface area contributed by atoms with Gasteiger partial charge in [-0.15, -0.1) is 0 Å². The zero-order chi connectivity index (χ0) is 20.4. The number of piperidine rings is 1. The van der Waals surface area contributed by atoms with Crippen molar-refractivity contribution in [3.05, 3.63) is 47.5 Å². The Bertz CT molecular complexity index is 891. The number of hydrogen-bond donors (Lipinski definition) is 1. The summed E-state index contributed by atoms with van der Waals surface area (Å²) in [6, 6.07) is 11.7. The second-order valence-corrected chi connectivity index (χ2v) is 7.27. The fourth-order valence-corrected chi connectivity index (χ4v) is 4.12. The minimum absolute atomic E-state index is 0.0971. The van der Waals surface area contributed by atoms with Gasteiger partial charge in [0.2, 0.25) is 6.79 Å². The van der Waals surface area contributed by atoms with E-state index < -0.39 is 5.97 Å². The molecule has 1 saturated heterocycles. The van der Waals surface area contributed by atoms with Crippen molar-refractivity contribution in [3.63, 3.8) is 0 Å². The standard InChI is InChI=1S/C22H25NO6/c1-26-16-4-5-17(19(12-16)27-2)21(23-9-7-14(8-10-23)22(24)25)15-3-6-18-20(11-15)29-13-28-18/h3-6,11-12,14,21H,7-10,13H2,1-2H3,(H,24,25). The van der Waals surface area contributed by atoms with E-state index in [-0.39, 0.29) is 18.8 Å². The van der Waals surface area contributed by atoms with E-state index in [2.05, 4.69) is 4.90 Å². The molecule has 29 heavy (non-hydrogen) atoms. The Morgan fingerprint density at radius 2 is 1.83 bits per heavy atom. The predicted molar refractivity (Wildman–Crippen MR) is 106 cm³/mol. The highest BCUT2D eigenvalue weighted by molar-refractivity contribution is 5.70. The molecule has 2 aromatic carbocycles. The summed E-state index contributed by atoms with van der Waals surface area (Å²) in [6.45, 7) is 1.59. The molecule has 2 aliphatic rings. The maximum Gasteiger partial charge on any atom is 0.306 e. The van der Waals surface area contributed by atoms with E-state index in [0.29, 0.717) is 25.9 Å². The van der Waals surface area contributed by atoms with Crippen molar-refractivity contribution in [3.8, 4) is 23.0 Å². The van der Waals surface area contributed by atoms with Crippen LogP contribution in [0.3, 0.4) is 0 Å². The van der Waals surface area contributed by atoms with E-state index in [1.54, 1.807) is 14.2 Å². The van der Waals surface area contributed by atoms with Crippen molar-refractivity contribution in [1.29, 1.82) is 0 Å². The molecule has 1 N–H and O–H groups in total. The molecule has 2 aliphatic heterocycles. The molecule has 0 aliphatic carbocycles. The SMILES string of the molecule is COc1ccc(C(c2ccc3c(c2)OCO3)N2CCC(C(=O)O)CC2)c(OC)c1. The summed E-state index contributed by atoms with van der Waals surface area (Å²) < 4.78 is 22.1. The second-order valence-electron chi connectivity index (χ2n) is 7.27. The number of carbonyl (C=O) groups is 1. The minimum Gasteiger partial charge on any atom is -0.497 e. The lowest BCUT2D eigenvalue weighted by molar-refractivity contribution is -0.143. The van der Waals surface area contributed by atoms with E-state index in [9.17, 15) is 9.90 Å². The first-order chi connectivity index (χ1) is 14.1. The third kappa shape index (κ3) is 3.82. The third-order valence-corrected chi connectivity index (χ3v) is 5.69. The van der Waals surface area contributed by atoms with Crippen molar-refractivity contribution in [2.75, 3.05) is 34.1 Å². The van der Waals surface area contributed by atoms with Crippen molar-refractivity contribution in [2.45, 2.75) is 18.9 Å². The molecule has 154 valence electrons. The highest BCUT2D eigenvalue weighted by Gasteiger charge is 2.32. The summed E-state index contributed by atoms with van der Waals surface area (Å²) in [5.41, 5.74) is 2.05. The fourth-order valence-electron chi connectivity index (χ4n) is 4.12. The van der Waals surface area contributed by atoms with Gasteiger partial charge in [0, 0.05) is 11.6 Å². The molecule has 0 bridgehead atoms. The van der Waals surface area contributed by atoms with E-state index in [4.69, 9.17) is 18.9 Å². The van der Waals surface area contributed by atoms with Crippen molar-refractivity contribution < 1.29 is 28.8 Å². The molecule has 2 aromatic rings. The Balaban J connectivity index is 1.73. The Morgan fingerprint density at radius 1 is 1.07 bits per heavy atom. The highest BCUT2D eigenvalue weighted by atomic mass is 16.7. The average molecular weight is 399 g/mol. The Kier molecular flexibility index (Phi) is 5.49. The lowest BCUT2D eigenvalue weighted by Gasteiger charge is -2.37. The van der Waals surface area contributed by atoms with Gasteiger partial charge >= 0.3 is 5.97 Å². The smallest absolute Gasteiger partial charge is 0.306 e. The van der Waals surface area contributed by atoms with Crippen LogP contribution in [0.15, 0.2) is 36.4 Å². The van der Waals surface area contributed by atoms with Crippen molar-refractivity contribution >= 4 is 5.97 Å². The van der Waals surface area contributed by atoms with Crippen LogP contribution in [0.1, 0.15) is 30.0 Å². The molecular weight excluding hydrogens is 374 g/mol. The number of ether oxygens (including phenoxy) is 4. The first-order valence-electron chi connectivity index (χ1n) is 9.69. The molecule has 1 atom stereocenters. The van der Waals surface area contributed by atoms with E-state index in [1.165, 1.54) is 0 Å². The zero-order valence-corrected chi connectivity index (χ0v) is 16.6. The van der Waals surface area contributed by atoms with Crippen molar-refractivity contribution in [2.24, 2.45) is 5.92 Å². The molecule has 0 aromatic heterocycles. The van der Waals surface area contributed by atoms with Crippen LogP contribution in [-0.4, -0.2) is 50.1 Å². The topological polar surface area (TPSA) is 77.5 Å². The van der Waals surface area contributed by atoms with Gasteiger partial charge in [0.1, 0.15) is 11.5 Å². The first-order valence-corrected chi connectivity index (χ1v) is 9.69. The van der Waals surface area contributed by atoms with Gasteiger partial charge in [-0.1, -0.05) is 6.07 Å². The molecule has 2 heterocycles. The second kappa shape index (κ2) is 8.21. The van der Waals surface area contributed by atoms with Crippen LogP contribution in [0, 0.1) is 5.92 Å². The summed E-state index contributed by atoms with van der Waals surface area (Å²) in [6.07, 6.45) is 1.24. The maximum absolute atomic E-state index is 11.4. The summed E-state index contributed by atoms with van der Waals surface area (Å²) >= 11 is 0. The number of hydrogen-bond acceptors (Lipinski definition) is 6. The predicted octanol–water partition coefficient (Wildman–Crippen LogP) is 3.32. The van der Waals surface area contributed by atoms with Gasteiger partial charge in [-0.25, -0.2) is 0 Å². The monoisotopic (exact) mass is 399 g/mol. The number of rotatable bonds is 6. The van der Waals surface area contributed by atoms with Gasteiger partial charge in [-0.05, 0) is 55.8 Å². The van der Waals surface area contributed by atoms with E-state index in [0.717, 1.165) is 34.1 Å². The molecule has 1 fully saturated rings. The molecule has 0 amide bonds. The van der Waals surface area contributed by atoms with Crippen LogP contribution in [0.2, 0.25) is 0 Å². The van der Waals surface area contributed by atoms with Gasteiger partial charge in [0.05, 0.1) is 26.2 Å². The van der Waals surface area contributed by atoms with Crippen LogP contribution in [0.25, 0.3) is 0 Å². The van der Waals surface area contributed by atoms with Crippen LogP contribution in [0.5, 0.6) is 23.0 Å². The van der Waals surface area contributed by atoms with Gasteiger partial charge in [0.15, 0.2) is 11.5 Å². The third-order valence-electron chi connectivity index (χ3n) is 5.69. The van der Waals surface area contributed by atoms with Crippen LogP contribution in [-0.2, 0) is 4.79 Å². The quantitative estimate of drug-likeness (QED) is 0.798. The Hall–Kier alpha value is -2.93. The molecule has 7 nitrogen and oxygen atoms in total. The maximum atomic E-state index is 11.4. The molecular formula is C22H25NO6. The van der Waals surface area contributed by atoms with Gasteiger partial charge in [-0.3, -0.25) is 9.69 Å². The Morgan fingerprint density at radius 3 is 2.52 bits per heavy atom. The normalized spacial score (nSPS) is 17.7. The zero-order valence-electron chi connectivity index (χ0n) is 16.6. The number of aliphatic carboxylic acids is 1. The lowest BCUT2D eigenvalue weighted by Crippen LogP contribution is -2.39. The molecule has 4 rings (SSSR count). The van der Waals surface area contributed by atoms with Gasteiger partial charge < -0.3 is 24.1 Å². The lowest BCUT2D eigenvalue weighted by atomic mass is 9.90. The van der Waals surface area contributed by atoms with Gasteiger partial charge in [0.25, 0.3) is 0 Å². The summed E-state index contributed by atoms with van der Waals surface area (Å²) in [5.74, 6) is 1.90. The number of nitrogens with zero attached hydrogens (tertiary/aromatic N) is 1. The number of benzene rings is 2. The largest absolute Gasteiger partial charge is 0.497 e. The molecule has 0 spiro atoms. The summed E-state index contributed by atoms with van der Waals surface area (Å²) in [4.78, 5) is 13.7. The first kappa shape index (κ1) is 19.4. The minimum atomic E-state index is -0.716. The molecule has 7 heteroatoms. The molecule has 1 unspecified atom stereocenters. The van der Waals surface area contributed by atoms with Crippen LogP contribution in [0.4, 0.5) is 0 Å². The summed E-state index contributed by atoms with van der Waals surface area (Å²) in [5, 5.41) is 9.36. The van der Waals surface area contributed by atoms with Crippen LogP contribution < -0.4 is 18.9 Å².